The van der Waals surface area contributed by atoms with Crippen molar-refractivity contribution in [3.63, 3.8) is 0 Å². The van der Waals surface area contributed by atoms with E-state index in [0.717, 1.165) is 12.3 Å². The molecule has 0 saturated carbocycles. The van der Waals surface area contributed by atoms with Crippen molar-refractivity contribution in [1.29, 1.82) is 0 Å². The number of rotatable bonds is 4. The van der Waals surface area contributed by atoms with Crippen LogP contribution in [-0.2, 0) is 0 Å². The minimum Gasteiger partial charge on any atom is -0.467 e. The molecule has 0 aliphatic rings. The first kappa shape index (κ1) is 12.0. The third-order valence-electron chi connectivity index (χ3n) is 1.99. The van der Waals surface area contributed by atoms with E-state index in [1.54, 1.807) is 6.26 Å². The Hall–Kier alpha value is -1.03. The monoisotopic (exact) mass is 226 g/mol. The average Bonchev–Trinajstić information content (AvgIpc) is 2.67. The highest BCUT2D eigenvalue weighted by molar-refractivity contribution is 7.80. The fourth-order valence-corrected chi connectivity index (χ4v) is 1.41. The van der Waals surface area contributed by atoms with E-state index in [4.69, 9.17) is 16.6 Å². The van der Waals surface area contributed by atoms with Gasteiger partial charge in [0.25, 0.3) is 0 Å². The molecular weight excluding hydrogens is 208 g/mol. The van der Waals surface area contributed by atoms with Gasteiger partial charge in [0.2, 0.25) is 0 Å². The zero-order valence-electron chi connectivity index (χ0n) is 9.41. The van der Waals surface area contributed by atoms with Crippen molar-refractivity contribution < 1.29 is 4.42 Å². The summed E-state index contributed by atoms with van der Waals surface area (Å²) in [6.07, 6.45) is 1.66. The highest BCUT2D eigenvalue weighted by atomic mass is 32.1. The molecule has 0 radical (unpaired) electrons. The zero-order chi connectivity index (χ0) is 11.3. The van der Waals surface area contributed by atoms with Gasteiger partial charge in [0.05, 0.1) is 12.3 Å². The minimum absolute atomic E-state index is 0.104. The van der Waals surface area contributed by atoms with Crippen LogP contribution in [0.15, 0.2) is 22.8 Å². The Morgan fingerprint density at radius 1 is 1.47 bits per heavy atom. The Kier molecular flexibility index (Phi) is 4.62. The van der Waals surface area contributed by atoms with Gasteiger partial charge in [-0.15, -0.1) is 0 Å². The SMILES string of the molecule is CC(C)CNC(=S)NC(C)c1ccco1. The van der Waals surface area contributed by atoms with Crippen molar-refractivity contribution in [3.05, 3.63) is 24.2 Å². The summed E-state index contributed by atoms with van der Waals surface area (Å²) in [4.78, 5) is 0. The van der Waals surface area contributed by atoms with Gasteiger partial charge >= 0.3 is 0 Å². The smallest absolute Gasteiger partial charge is 0.166 e. The molecule has 0 amide bonds. The van der Waals surface area contributed by atoms with Crippen molar-refractivity contribution in [2.75, 3.05) is 6.54 Å². The van der Waals surface area contributed by atoms with E-state index in [0.29, 0.717) is 11.0 Å². The molecule has 1 rings (SSSR count). The molecule has 84 valence electrons. The molecule has 1 heterocycles. The standard InChI is InChI=1S/C11H18N2OS/c1-8(2)7-12-11(15)13-9(3)10-5-4-6-14-10/h4-6,8-9H,7H2,1-3H3,(H2,12,13,15). The van der Waals surface area contributed by atoms with E-state index < -0.39 is 0 Å². The normalized spacial score (nSPS) is 12.5. The Morgan fingerprint density at radius 2 is 2.20 bits per heavy atom. The molecule has 0 aliphatic heterocycles. The van der Waals surface area contributed by atoms with Crippen LogP contribution in [0.5, 0.6) is 0 Å². The first-order valence-corrected chi connectivity index (χ1v) is 5.58. The largest absolute Gasteiger partial charge is 0.467 e. The molecule has 0 bridgehead atoms. The summed E-state index contributed by atoms with van der Waals surface area (Å²) in [5, 5.41) is 6.99. The van der Waals surface area contributed by atoms with Gasteiger partial charge in [-0.2, -0.15) is 0 Å². The number of nitrogens with one attached hydrogen (secondary N) is 2. The molecule has 1 aromatic heterocycles. The highest BCUT2D eigenvalue weighted by Gasteiger charge is 2.08. The molecule has 0 spiro atoms. The van der Waals surface area contributed by atoms with Crippen LogP contribution in [-0.4, -0.2) is 11.7 Å². The van der Waals surface area contributed by atoms with E-state index in [-0.39, 0.29) is 6.04 Å². The number of thiocarbonyl (C=S) groups is 1. The minimum atomic E-state index is 0.104. The predicted octanol–water partition coefficient (Wildman–Crippen LogP) is 2.46. The van der Waals surface area contributed by atoms with E-state index in [9.17, 15) is 0 Å². The highest BCUT2D eigenvalue weighted by Crippen LogP contribution is 2.11. The van der Waals surface area contributed by atoms with Gasteiger partial charge in [0, 0.05) is 6.54 Å². The second kappa shape index (κ2) is 5.75. The molecule has 15 heavy (non-hydrogen) atoms. The molecule has 1 unspecified atom stereocenters. The molecule has 4 heteroatoms. The lowest BCUT2D eigenvalue weighted by atomic mass is 10.2. The summed E-state index contributed by atoms with van der Waals surface area (Å²) in [6, 6.07) is 3.91. The lowest BCUT2D eigenvalue weighted by Gasteiger charge is -2.16. The molecule has 0 aliphatic carbocycles. The first-order chi connectivity index (χ1) is 7.09. The van der Waals surface area contributed by atoms with Crippen molar-refractivity contribution >= 4 is 17.3 Å². The maximum Gasteiger partial charge on any atom is 0.166 e. The predicted molar refractivity (Wildman–Crippen MR) is 65.7 cm³/mol. The van der Waals surface area contributed by atoms with Gasteiger partial charge in [0.1, 0.15) is 5.76 Å². The van der Waals surface area contributed by atoms with Gasteiger partial charge in [-0.05, 0) is 37.2 Å². The van der Waals surface area contributed by atoms with E-state index in [1.807, 2.05) is 19.1 Å². The molecule has 1 atom stereocenters. The van der Waals surface area contributed by atoms with Crippen LogP contribution in [0.4, 0.5) is 0 Å². The summed E-state index contributed by atoms with van der Waals surface area (Å²) in [5.41, 5.74) is 0. The Balaban J connectivity index is 2.32. The molecule has 2 N–H and O–H groups in total. The number of furan rings is 1. The van der Waals surface area contributed by atoms with Crippen LogP contribution in [0, 0.1) is 5.92 Å². The van der Waals surface area contributed by atoms with Crippen LogP contribution in [0.2, 0.25) is 0 Å². The van der Waals surface area contributed by atoms with E-state index >= 15 is 0 Å². The fraction of sp³-hybridized carbons (Fsp3) is 0.545. The zero-order valence-corrected chi connectivity index (χ0v) is 10.2. The Labute approximate surface area is 96.2 Å². The Bertz CT molecular complexity index is 296. The maximum atomic E-state index is 5.27. The van der Waals surface area contributed by atoms with E-state index in [2.05, 4.69) is 24.5 Å². The van der Waals surface area contributed by atoms with Gasteiger partial charge in [-0.25, -0.2) is 0 Å². The summed E-state index contributed by atoms with van der Waals surface area (Å²) >= 11 is 5.16. The molecular formula is C11H18N2OS. The van der Waals surface area contributed by atoms with Gasteiger partial charge in [-0.3, -0.25) is 0 Å². The maximum absolute atomic E-state index is 5.27. The molecule has 0 saturated heterocycles. The summed E-state index contributed by atoms with van der Waals surface area (Å²) in [6.45, 7) is 7.19. The first-order valence-electron chi connectivity index (χ1n) is 5.17. The second-order valence-corrected chi connectivity index (χ2v) is 4.39. The van der Waals surface area contributed by atoms with E-state index in [1.165, 1.54) is 0 Å². The summed E-state index contributed by atoms with van der Waals surface area (Å²) in [5.74, 6) is 1.48. The van der Waals surface area contributed by atoms with Crippen LogP contribution < -0.4 is 10.6 Å². The lowest BCUT2D eigenvalue weighted by Crippen LogP contribution is -2.38. The van der Waals surface area contributed by atoms with Crippen LogP contribution in [0.3, 0.4) is 0 Å². The van der Waals surface area contributed by atoms with Crippen molar-refractivity contribution in [2.45, 2.75) is 26.8 Å². The lowest BCUT2D eigenvalue weighted by molar-refractivity contribution is 0.461. The third kappa shape index (κ3) is 4.34. The summed E-state index contributed by atoms with van der Waals surface area (Å²) < 4.78 is 5.27. The average molecular weight is 226 g/mol. The second-order valence-electron chi connectivity index (χ2n) is 3.99. The van der Waals surface area contributed by atoms with Crippen LogP contribution >= 0.6 is 12.2 Å². The third-order valence-corrected chi connectivity index (χ3v) is 2.25. The molecule has 0 fully saturated rings. The van der Waals surface area contributed by atoms with Crippen LogP contribution in [0.1, 0.15) is 32.6 Å². The van der Waals surface area contributed by atoms with Gasteiger partial charge in [0.15, 0.2) is 5.11 Å². The number of hydrogen-bond acceptors (Lipinski definition) is 2. The Morgan fingerprint density at radius 3 is 2.73 bits per heavy atom. The van der Waals surface area contributed by atoms with Gasteiger partial charge < -0.3 is 15.1 Å². The van der Waals surface area contributed by atoms with Crippen molar-refractivity contribution in [2.24, 2.45) is 5.92 Å². The van der Waals surface area contributed by atoms with Gasteiger partial charge in [-0.1, -0.05) is 13.8 Å². The topological polar surface area (TPSA) is 37.2 Å². The quantitative estimate of drug-likeness (QED) is 0.773. The molecule has 1 aromatic rings. The summed E-state index contributed by atoms with van der Waals surface area (Å²) in [7, 11) is 0. The van der Waals surface area contributed by atoms with Crippen molar-refractivity contribution in [3.8, 4) is 0 Å². The molecule has 3 nitrogen and oxygen atoms in total. The fourth-order valence-electron chi connectivity index (χ4n) is 1.15. The van der Waals surface area contributed by atoms with Crippen LogP contribution in [0.25, 0.3) is 0 Å². The number of hydrogen-bond donors (Lipinski definition) is 2. The van der Waals surface area contributed by atoms with Crippen molar-refractivity contribution in [1.82, 2.24) is 10.6 Å². The molecule has 0 aromatic carbocycles.